The predicted molar refractivity (Wildman–Crippen MR) is 75.2 cm³/mol. The minimum atomic E-state index is 0.645. The smallest absolute Gasteiger partial charge is 0.0538 e. The van der Waals surface area contributed by atoms with Crippen LogP contribution in [0.4, 0.5) is 0 Å². The summed E-state index contributed by atoms with van der Waals surface area (Å²) in [6.45, 7) is 11.6. The summed E-state index contributed by atoms with van der Waals surface area (Å²) in [6.07, 6.45) is 8.12. The average molecular weight is 248 g/mol. The van der Waals surface area contributed by atoms with E-state index in [0.29, 0.717) is 12.1 Å². The van der Waals surface area contributed by atoms with Crippen LogP contribution in [0.3, 0.4) is 0 Å². The van der Waals surface area contributed by atoms with Crippen LogP contribution in [-0.4, -0.2) is 39.9 Å². The molecule has 0 aliphatic carbocycles. The van der Waals surface area contributed by atoms with E-state index >= 15 is 0 Å². The van der Waals surface area contributed by atoms with Crippen LogP contribution < -0.4 is 5.32 Å². The maximum atomic E-state index is 4.18. The highest BCUT2D eigenvalue weighted by Crippen LogP contribution is 2.13. The first kappa shape index (κ1) is 13.3. The quantitative estimate of drug-likeness (QED) is 0.864. The molecule has 1 aromatic rings. The molecule has 0 atom stereocenters. The molecule has 1 N–H and O–H groups in total. The molecule has 0 amide bonds. The van der Waals surface area contributed by atoms with Crippen LogP contribution in [0, 0.1) is 0 Å². The van der Waals surface area contributed by atoms with Crippen molar-refractivity contribution < 1.29 is 0 Å². The molecule has 0 saturated carbocycles. The molecule has 2 heterocycles. The zero-order valence-corrected chi connectivity index (χ0v) is 11.5. The first-order chi connectivity index (χ1) is 8.69. The molecule has 4 nitrogen and oxygen atoms in total. The van der Waals surface area contributed by atoms with Crippen LogP contribution in [-0.2, 0) is 6.54 Å². The van der Waals surface area contributed by atoms with E-state index < -0.39 is 0 Å². The average Bonchev–Trinajstić information content (AvgIpc) is 2.85. The molecule has 0 spiro atoms. The fourth-order valence-electron chi connectivity index (χ4n) is 2.45. The number of nitrogens with zero attached hydrogens (tertiary/aromatic N) is 3. The minimum absolute atomic E-state index is 0.645. The topological polar surface area (TPSA) is 33.1 Å². The Morgan fingerprint density at radius 2 is 2.22 bits per heavy atom. The van der Waals surface area contributed by atoms with Crippen molar-refractivity contribution in [2.45, 2.75) is 45.3 Å². The lowest BCUT2D eigenvalue weighted by molar-refractivity contribution is 0.161. The second-order valence-electron chi connectivity index (χ2n) is 5.30. The van der Waals surface area contributed by atoms with Crippen LogP contribution in [0.2, 0.25) is 0 Å². The van der Waals surface area contributed by atoms with Crippen molar-refractivity contribution in [2.75, 3.05) is 13.1 Å². The molecule has 1 aromatic heterocycles. The molecule has 1 fully saturated rings. The van der Waals surface area contributed by atoms with Crippen molar-refractivity contribution >= 4 is 6.20 Å². The Morgan fingerprint density at radius 3 is 2.78 bits per heavy atom. The number of hydrogen-bond acceptors (Lipinski definition) is 3. The van der Waals surface area contributed by atoms with E-state index in [2.05, 4.69) is 35.7 Å². The van der Waals surface area contributed by atoms with E-state index in [1.54, 1.807) is 10.9 Å². The number of rotatable bonds is 5. The molecule has 0 radical (unpaired) electrons. The van der Waals surface area contributed by atoms with Gasteiger partial charge in [0.25, 0.3) is 0 Å². The van der Waals surface area contributed by atoms with E-state index in [1.165, 1.54) is 31.5 Å². The first-order valence-electron chi connectivity index (χ1n) is 6.82. The fraction of sp³-hybridized carbons (Fsp3) is 0.643. The highest BCUT2D eigenvalue weighted by atomic mass is 15.2. The molecule has 1 aliphatic heterocycles. The lowest BCUT2D eigenvalue weighted by Crippen LogP contribution is -2.44. The molecule has 100 valence electrons. The maximum absolute atomic E-state index is 4.18. The van der Waals surface area contributed by atoms with E-state index in [4.69, 9.17) is 0 Å². The molecule has 1 saturated heterocycles. The van der Waals surface area contributed by atoms with Gasteiger partial charge < -0.3 is 10.2 Å². The van der Waals surface area contributed by atoms with E-state index in [9.17, 15) is 0 Å². The van der Waals surface area contributed by atoms with Gasteiger partial charge in [-0.05, 0) is 39.8 Å². The van der Waals surface area contributed by atoms with Gasteiger partial charge in [0.15, 0.2) is 0 Å². The summed E-state index contributed by atoms with van der Waals surface area (Å²) >= 11 is 0. The second-order valence-corrected chi connectivity index (χ2v) is 5.30. The standard InChI is InChI=1S/C14H24N4/c1-4-18-11-13(10-16-18)9-15-14-5-7-17(8-6-14)12(2)3/h4,10-12,14-15H,1,5-9H2,2-3H3. The van der Waals surface area contributed by atoms with Gasteiger partial charge in [-0.25, -0.2) is 4.68 Å². The third kappa shape index (κ3) is 3.43. The monoisotopic (exact) mass is 248 g/mol. The molecule has 18 heavy (non-hydrogen) atoms. The third-order valence-corrected chi connectivity index (χ3v) is 3.70. The minimum Gasteiger partial charge on any atom is -0.310 e. The molecule has 4 heteroatoms. The zero-order valence-electron chi connectivity index (χ0n) is 11.5. The molecular weight excluding hydrogens is 224 g/mol. The highest BCUT2D eigenvalue weighted by molar-refractivity contribution is 5.17. The van der Waals surface area contributed by atoms with Crippen molar-refractivity contribution in [3.8, 4) is 0 Å². The van der Waals surface area contributed by atoms with E-state index in [1.807, 2.05) is 12.4 Å². The molecular formula is C14H24N4. The Labute approximate surface area is 110 Å². The van der Waals surface area contributed by atoms with Gasteiger partial charge in [-0.2, -0.15) is 5.10 Å². The molecule has 2 rings (SSSR count). The highest BCUT2D eigenvalue weighted by Gasteiger charge is 2.20. The Kier molecular flexibility index (Phi) is 4.55. The summed E-state index contributed by atoms with van der Waals surface area (Å²) in [5.41, 5.74) is 1.22. The van der Waals surface area contributed by atoms with Gasteiger partial charge in [-0.3, -0.25) is 0 Å². The Morgan fingerprint density at radius 1 is 1.50 bits per heavy atom. The summed E-state index contributed by atoms with van der Waals surface area (Å²) in [7, 11) is 0. The van der Waals surface area contributed by atoms with Crippen molar-refractivity contribution in [2.24, 2.45) is 0 Å². The van der Waals surface area contributed by atoms with Gasteiger partial charge >= 0.3 is 0 Å². The van der Waals surface area contributed by atoms with Gasteiger partial charge in [0.1, 0.15) is 0 Å². The van der Waals surface area contributed by atoms with Crippen LogP contribution >= 0.6 is 0 Å². The van der Waals surface area contributed by atoms with Crippen molar-refractivity contribution in [3.63, 3.8) is 0 Å². The van der Waals surface area contributed by atoms with Crippen LogP contribution in [0.1, 0.15) is 32.3 Å². The molecule has 0 bridgehead atoms. The largest absolute Gasteiger partial charge is 0.310 e. The number of piperidine rings is 1. The Balaban J connectivity index is 1.73. The lowest BCUT2D eigenvalue weighted by atomic mass is 10.0. The Bertz CT molecular complexity index is 375. The number of hydrogen-bond donors (Lipinski definition) is 1. The summed E-state index contributed by atoms with van der Waals surface area (Å²) in [5.74, 6) is 0. The maximum Gasteiger partial charge on any atom is 0.0538 e. The Hall–Kier alpha value is -1.13. The van der Waals surface area contributed by atoms with Gasteiger partial charge in [0, 0.05) is 36.6 Å². The third-order valence-electron chi connectivity index (χ3n) is 3.70. The molecule has 0 unspecified atom stereocenters. The SMILES string of the molecule is C=Cn1cc(CNC2CCN(C(C)C)CC2)cn1. The number of likely N-dealkylation sites (tertiary alicyclic amines) is 1. The van der Waals surface area contributed by atoms with Gasteiger partial charge in [0.05, 0.1) is 6.20 Å². The second kappa shape index (κ2) is 6.16. The van der Waals surface area contributed by atoms with E-state index in [-0.39, 0.29) is 0 Å². The van der Waals surface area contributed by atoms with Crippen molar-refractivity contribution in [1.82, 2.24) is 20.0 Å². The summed E-state index contributed by atoms with van der Waals surface area (Å²) < 4.78 is 1.75. The fourth-order valence-corrected chi connectivity index (χ4v) is 2.45. The lowest BCUT2D eigenvalue weighted by Gasteiger charge is -2.34. The number of nitrogens with one attached hydrogen (secondary N) is 1. The predicted octanol–water partition coefficient (Wildman–Crippen LogP) is 1.95. The summed E-state index contributed by atoms with van der Waals surface area (Å²) in [6, 6.07) is 1.32. The van der Waals surface area contributed by atoms with Crippen LogP contribution in [0.25, 0.3) is 6.20 Å². The summed E-state index contributed by atoms with van der Waals surface area (Å²) in [4.78, 5) is 2.55. The van der Waals surface area contributed by atoms with Gasteiger partial charge in [-0.15, -0.1) is 0 Å². The zero-order chi connectivity index (χ0) is 13.0. The van der Waals surface area contributed by atoms with Crippen molar-refractivity contribution in [3.05, 3.63) is 24.5 Å². The molecule has 0 aromatic carbocycles. The van der Waals surface area contributed by atoms with Crippen LogP contribution in [0.15, 0.2) is 19.0 Å². The first-order valence-corrected chi connectivity index (χ1v) is 6.82. The van der Waals surface area contributed by atoms with E-state index in [0.717, 1.165) is 6.54 Å². The molecule has 1 aliphatic rings. The number of aromatic nitrogens is 2. The van der Waals surface area contributed by atoms with Crippen LogP contribution in [0.5, 0.6) is 0 Å². The normalized spacial score (nSPS) is 18.4. The summed E-state index contributed by atoms with van der Waals surface area (Å²) in [5, 5.41) is 7.80. The van der Waals surface area contributed by atoms with Gasteiger partial charge in [-0.1, -0.05) is 6.58 Å². The van der Waals surface area contributed by atoms with Crippen molar-refractivity contribution in [1.29, 1.82) is 0 Å². The van der Waals surface area contributed by atoms with Gasteiger partial charge in [0.2, 0.25) is 0 Å².